The summed E-state index contributed by atoms with van der Waals surface area (Å²) in [6.07, 6.45) is 2.56. The van der Waals surface area contributed by atoms with Crippen molar-refractivity contribution in [2.24, 2.45) is 0 Å². The van der Waals surface area contributed by atoms with Gasteiger partial charge in [-0.05, 0) is 12.8 Å². The van der Waals surface area contributed by atoms with Gasteiger partial charge in [0.15, 0.2) is 0 Å². The average molecular weight is 163 g/mol. The van der Waals surface area contributed by atoms with Crippen molar-refractivity contribution >= 4 is 0 Å². The van der Waals surface area contributed by atoms with E-state index in [0.717, 1.165) is 13.2 Å². The molecule has 1 saturated heterocycles. The maximum absolute atomic E-state index is 4.94. The quantitative estimate of drug-likeness (QED) is 0.513. The molecule has 1 aliphatic heterocycles. The molecule has 0 aliphatic carbocycles. The van der Waals surface area contributed by atoms with E-state index in [0.29, 0.717) is 0 Å². The van der Waals surface area contributed by atoms with Crippen molar-refractivity contribution in [1.29, 1.82) is 0 Å². The van der Waals surface area contributed by atoms with E-state index >= 15 is 0 Å². The van der Waals surface area contributed by atoms with E-state index in [-0.39, 0.29) is 26.2 Å². The first-order valence-corrected chi connectivity index (χ1v) is 2.08. The summed E-state index contributed by atoms with van der Waals surface area (Å²) in [6.45, 7) is 2.00. The molecule has 1 nitrogen and oxygen atoms in total. The van der Waals surface area contributed by atoms with Crippen LogP contribution in [0, 0.1) is 0 Å². The van der Waals surface area contributed by atoms with Gasteiger partial charge in [0, 0.05) is 13.2 Å². The van der Waals surface area contributed by atoms with Crippen LogP contribution in [0.3, 0.4) is 0 Å². The molecule has 0 spiro atoms. The van der Waals surface area contributed by atoms with Crippen molar-refractivity contribution in [3.05, 3.63) is 0 Å². The van der Waals surface area contributed by atoms with E-state index in [9.17, 15) is 0 Å². The van der Waals surface area contributed by atoms with Crippen molar-refractivity contribution in [3.8, 4) is 0 Å². The molecular weight excluding hydrogens is 155 g/mol. The molecule has 1 heterocycles. The minimum Gasteiger partial charge on any atom is -0.381 e. The predicted molar refractivity (Wildman–Crippen MR) is 20.1 cm³/mol. The summed E-state index contributed by atoms with van der Waals surface area (Å²) in [6, 6.07) is 0. The summed E-state index contributed by atoms with van der Waals surface area (Å²) >= 11 is 0. The molecule has 0 atom stereocenters. The first-order chi connectivity index (χ1) is 2.50. The zero-order chi connectivity index (χ0) is 3.54. The van der Waals surface area contributed by atoms with Gasteiger partial charge in [0.05, 0.1) is 0 Å². The van der Waals surface area contributed by atoms with Crippen molar-refractivity contribution in [2.45, 2.75) is 12.8 Å². The average Bonchev–Trinajstić information content (AvgIpc) is 1.76. The van der Waals surface area contributed by atoms with Gasteiger partial charge in [-0.3, -0.25) is 0 Å². The predicted octanol–water partition coefficient (Wildman–Crippen LogP) is 0.794. The Kier molecular flexibility index (Phi) is 4.58. The topological polar surface area (TPSA) is 9.23 Å². The Bertz CT molecular complexity index is 19.1. The van der Waals surface area contributed by atoms with Crippen LogP contribution in [0.4, 0.5) is 0 Å². The molecule has 2 heteroatoms. The van der Waals surface area contributed by atoms with E-state index in [1.165, 1.54) is 12.8 Å². The van der Waals surface area contributed by atoms with E-state index in [1.807, 2.05) is 0 Å². The summed E-state index contributed by atoms with van der Waals surface area (Å²) in [5.74, 6) is 0. The third-order valence-corrected chi connectivity index (χ3v) is 0.827. The van der Waals surface area contributed by atoms with Crippen LogP contribution < -0.4 is 0 Å². The molecule has 0 bridgehead atoms. The van der Waals surface area contributed by atoms with Crippen molar-refractivity contribution < 1.29 is 30.9 Å². The van der Waals surface area contributed by atoms with Gasteiger partial charge in [-0.2, -0.15) is 0 Å². The van der Waals surface area contributed by atoms with Crippen LogP contribution in [-0.2, 0) is 30.9 Å². The van der Waals surface area contributed by atoms with E-state index < -0.39 is 0 Å². The summed E-state index contributed by atoms with van der Waals surface area (Å²) in [5, 5.41) is 0. The molecule has 32 valence electrons. The Morgan fingerprint density at radius 1 is 1.00 bits per heavy atom. The second kappa shape index (κ2) is 4.01. The summed E-state index contributed by atoms with van der Waals surface area (Å²) in [7, 11) is 0. The summed E-state index contributed by atoms with van der Waals surface area (Å²) in [4.78, 5) is 0. The Morgan fingerprint density at radius 3 is 1.67 bits per heavy atom. The molecular formula is C4H8OZr+2. The largest absolute Gasteiger partial charge is 2.00 e. The molecule has 0 saturated carbocycles. The van der Waals surface area contributed by atoms with Gasteiger partial charge in [0.1, 0.15) is 0 Å². The molecule has 0 N–H and O–H groups in total. The minimum atomic E-state index is 0. The summed E-state index contributed by atoms with van der Waals surface area (Å²) < 4.78 is 4.94. The third-order valence-electron chi connectivity index (χ3n) is 0.827. The monoisotopic (exact) mass is 162 g/mol. The normalized spacial score (nSPS) is 20.0. The summed E-state index contributed by atoms with van der Waals surface area (Å²) in [5.41, 5.74) is 0. The van der Waals surface area contributed by atoms with E-state index in [2.05, 4.69) is 0 Å². The molecule has 0 radical (unpaired) electrons. The van der Waals surface area contributed by atoms with Crippen LogP contribution in [0.2, 0.25) is 0 Å². The van der Waals surface area contributed by atoms with E-state index in [1.54, 1.807) is 0 Å². The Balaban J connectivity index is 0.000000250. The van der Waals surface area contributed by atoms with Crippen LogP contribution in [-0.4, -0.2) is 13.2 Å². The Labute approximate surface area is 57.2 Å². The number of rotatable bonds is 0. The number of hydrogen-bond donors (Lipinski definition) is 0. The maximum atomic E-state index is 4.94. The van der Waals surface area contributed by atoms with E-state index in [4.69, 9.17) is 4.74 Å². The van der Waals surface area contributed by atoms with Gasteiger partial charge in [0.2, 0.25) is 0 Å². The fraction of sp³-hybridized carbons (Fsp3) is 1.00. The smallest absolute Gasteiger partial charge is 0.381 e. The molecule has 1 aliphatic rings. The van der Waals surface area contributed by atoms with Crippen molar-refractivity contribution in [3.63, 3.8) is 0 Å². The molecule has 6 heavy (non-hydrogen) atoms. The minimum absolute atomic E-state index is 0. The van der Waals surface area contributed by atoms with Gasteiger partial charge in [-0.25, -0.2) is 0 Å². The van der Waals surface area contributed by atoms with Gasteiger partial charge in [-0.1, -0.05) is 0 Å². The van der Waals surface area contributed by atoms with Gasteiger partial charge >= 0.3 is 26.2 Å². The molecule has 0 aromatic rings. The first-order valence-electron chi connectivity index (χ1n) is 2.08. The second-order valence-electron chi connectivity index (χ2n) is 1.32. The molecule has 0 aromatic carbocycles. The maximum Gasteiger partial charge on any atom is 2.00 e. The van der Waals surface area contributed by atoms with Gasteiger partial charge < -0.3 is 4.74 Å². The molecule has 1 fully saturated rings. The Hall–Kier alpha value is 0.843. The second-order valence-corrected chi connectivity index (χ2v) is 1.32. The standard InChI is InChI=1S/C4H8O.Zr/c1-2-4-5-3-1;/h1-4H2;/q;+2. The fourth-order valence-corrected chi connectivity index (χ4v) is 0.510. The Morgan fingerprint density at radius 2 is 1.50 bits per heavy atom. The number of hydrogen-bond acceptors (Lipinski definition) is 1. The van der Waals surface area contributed by atoms with Crippen LogP contribution in [0.15, 0.2) is 0 Å². The third kappa shape index (κ3) is 2.10. The van der Waals surface area contributed by atoms with Crippen LogP contribution in [0.1, 0.15) is 12.8 Å². The molecule has 0 amide bonds. The number of ether oxygens (including phenoxy) is 1. The SMILES string of the molecule is C1CCOC1.[Zr+2]. The van der Waals surface area contributed by atoms with Gasteiger partial charge in [0.25, 0.3) is 0 Å². The zero-order valence-electron chi connectivity index (χ0n) is 3.74. The van der Waals surface area contributed by atoms with Crippen LogP contribution in [0.25, 0.3) is 0 Å². The van der Waals surface area contributed by atoms with Crippen LogP contribution >= 0.6 is 0 Å². The van der Waals surface area contributed by atoms with Crippen LogP contribution in [0.5, 0.6) is 0 Å². The van der Waals surface area contributed by atoms with Crippen molar-refractivity contribution in [1.82, 2.24) is 0 Å². The zero-order valence-corrected chi connectivity index (χ0v) is 6.19. The molecule has 1 rings (SSSR count). The first kappa shape index (κ1) is 6.84. The molecule has 0 unspecified atom stereocenters. The van der Waals surface area contributed by atoms with Gasteiger partial charge in [-0.15, -0.1) is 0 Å². The fourth-order valence-electron chi connectivity index (χ4n) is 0.510. The van der Waals surface area contributed by atoms with Crippen molar-refractivity contribution in [2.75, 3.05) is 13.2 Å². The molecule has 0 aromatic heterocycles.